The monoisotopic (exact) mass is 288 g/mol. The van der Waals surface area contributed by atoms with E-state index >= 15 is 0 Å². The maximum atomic E-state index is 6.36. The van der Waals surface area contributed by atoms with E-state index in [1.807, 2.05) is 0 Å². The molecule has 0 aliphatic heterocycles. The molecule has 0 aliphatic carbocycles. The van der Waals surface area contributed by atoms with E-state index in [4.69, 9.17) is 8.85 Å². The first-order chi connectivity index (χ1) is 8.95. The molecule has 116 valence electrons. The summed E-state index contributed by atoms with van der Waals surface area (Å²) in [5, 5.41) is 0. The van der Waals surface area contributed by atoms with E-state index in [2.05, 4.69) is 41.5 Å². The van der Waals surface area contributed by atoms with E-state index in [0.29, 0.717) is 0 Å². The third-order valence-electron chi connectivity index (χ3n) is 3.22. The summed E-state index contributed by atoms with van der Waals surface area (Å²) in [6, 6.07) is 2.34. The molecule has 0 heterocycles. The third-order valence-corrected chi connectivity index (χ3v) is 7.26. The molecule has 0 aromatic rings. The molecule has 0 atom stereocenters. The zero-order valence-electron chi connectivity index (χ0n) is 14.1. The third kappa shape index (κ3) is 9.64. The van der Waals surface area contributed by atoms with E-state index in [1.165, 1.54) is 50.6 Å². The smallest absolute Gasteiger partial charge is 0.338 e. The summed E-state index contributed by atoms with van der Waals surface area (Å²) < 4.78 is 12.7. The fraction of sp³-hybridized carbons (Fsp3) is 1.00. The largest absolute Gasteiger partial charge is 0.392 e. The van der Waals surface area contributed by atoms with Gasteiger partial charge in [-0.2, -0.15) is 0 Å². The molecule has 0 radical (unpaired) electrons. The van der Waals surface area contributed by atoms with Gasteiger partial charge in [-0.1, -0.05) is 52.4 Å². The Bertz CT molecular complexity index is 183. The van der Waals surface area contributed by atoms with Crippen LogP contribution >= 0.6 is 0 Å². The van der Waals surface area contributed by atoms with Gasteiger partial charge in [-0.3, -0.25) is 0 Å². The van der Waals surface area contributed by atoms with Crippen molar-refractivity contribution in [3.05, 3.63) is 0 Å². The van der Waals surface area contributed by atoms with E-state index in [9.17, 15) is 0 Å². The molecule has 0 N–H and O–H groups in total. The van der Waals surface area contributed by atoms with Crippen molar-refractivity contribution in [2.45, 2.75) is 104 Å². The molecule has 0 aromatic heterocycles. The standard InChI is InChI=1S/C16H36O2Si/c1-7-9-11-13-19(17-15(3)4,18-16(5)6)14-12-10-8-2/h15-16H,7-14H2,1-6H3. The van der Waals surface area contributed by atoms with Crippen molar-refractivity contribution in [1.82, 2.24) is 0 Å². The lowest BCUT2D eigenvalue weighted by molar-refractivity contribution is 0.103. The van der Waals surface area contributed by atoms with Crippen LogP contribution in [0.3, 0.4) is 0 Å². The summed E-state index contributed by atoms with van der Waals surface area (Å²) in [6.45, 7) is 13.1. The van der Waals surface area contributed by atoms with Crippen LogP contribution in [0.25, 0.3) is 0 Å². The first kappa shape index (κ1) is 19.1. The minimum atomic E-state index is -2.00. The van der Waals surface area contributed by atoms with Gasteiger partial charge in [0, 0.05) is 12.2 Å². The molecule has 0 amide bonds. The predicted octanol–water partition coefficient (Wildman–Crippen LogP) is 5.66. The van der Waals surface area contributed by atoms with Crippen LogP contribution in [0.15, 0.2) is 0 Å². The summed E-state index contributed by atoms with van der Waals surface area (Å²) in [5.74, 6) is 0. The Morgan fingerprint density at radius 3 is 1.32 bits per heavy atom. The lowest BCUT2D eigenvalue weighted by atomic mass is 10.3. The fourth-order valence-electron chi connectivity index (χ4n) is 2.54. The molecule has 0 aromatic carbocycles. The summed E-state index contributed by atoms with van der Waals surface area (Å²) in [4.78, 5) is 0. The Kier molecular flexibility index (Phi) is 10.9. The normalized spacial score (nSPS) is 12.6. The van der Waals surface area contributed by atoms with Gasteiger partial charge in [0.25, 0.3) is 0 Å². The Morgan fingerprint density at radius 1 is 0.684 bits per heavy atom. The molecule has 0 aliphatic rings. The summed E-state index contributed by atoms with van der Waals surface area (Å²) in [5.41, 5.74) is 0. The molecule has 2 nitrogen and oxygen atoms in total. The van der Waals surface area contributed by atoms with Crippen molar-refractivity contribution in [1.29, 1.82) is 0 Å². The van der Waals surface area contributed by atoms with Crippen LogP contribution in [0.2, 0.25) is 12.1 Å². The van der Waals surface area contributed by atoms with Crippen LogP contribution in [0.5, 0.6) is 0 Å². The number of rotatable bonds is 12. The Labute approximate surface area is 122 Å². The van der Waals surface area contributed by atoms with E-state index in [0.717, 1.165) is 0 Å². The zero-order valence-corrected chi connectivity index (χ0v) is 15.1. The molecule has 0 fully saturated rings. The molecular weight excluding hydrogens is 252 g/mol. The van der Waals surface area contributed by atoms with Crippen molar-refractivity contribution in [3.63, 3.8) is 0 Å². The van der Waals surface area contributed by atoms with Gasteiger partial charge in [0.05, 0.1) is 0 Å². The quantitative estimate of drug-likeness (QED) is 0.341. The second-order valence-corrected chi connectivity index (χ2v) is 9.45. The van der Waals surface area contributed by atoms with Crippen LogP contribution in [0.4, 0.5) is 0 Å². The number of hydrogen-bond donors (Lipinski definition) is 0. The van der Waals surface area contributed by atoms with E-state index < -0.39 is 8.56 Å². The first-order valence-corrected chi connectivity index (χ1v) is 10.5. The van der Waals surface area contributed by atoms with Crippen LogP contribution in [0.1, 0.15) is 80.1 Å². The van der Waals surface area contributed by atoms with Crippen LogP contribution in [-0.4, -0.2) is 20.8 Å². The molecule has 0 unspecified atom stereocenters. The second kappa shape index (κ2) is 10.9. The minimum Gasteiger partial charge on any atom is -0.392 e. The lowest BCUT2D eigenvalue weighted by Crippen LogP contribution is -2.45. The summed E-state index contributed by atoms with van der Waals surface area (Å²) >= 11 is 0. The SMILES string of the molecule is CCCCC[Si](CCCCC)(OC(C)C)OC(C)C. The minimum absolute atomic E-state index is 0.286. The zero-order chi connectivity index (χ0) is 14.7. The highest BCUT2D eigenvalue weighted by atomic mass is 28.4. The van der Waals surface area contributed by atoms with Crippen molar-refractivity contribution < 1.29 is 8.85 Å². The predicted molar refractivity (Wildman–Crippen MR) is 86.9 cm³/mol. The first-order valence-electron chi connectivity index (χ1n) is 8.31. The van der Waals surface area contributed by atoms with Gasteiger partial charge in [-0.25, -0.2) is 0 Å². The van der Waals surface area contributed by atoms with Gasteiger partial charge >= 0.3 is 8.56 Å². The Balaban J connectivity index is 4.63. The highest BCUT2D eigenvalue weighted by Gasteiger charge is 2.38. The molecule has 0 saturated heterocycles. The van der Waals surface area contributed by atoms with Gasteiger partial charge in [-0.15, -0.1) is 0 Å². The van der Waals surface area contributed by atoms with Gasteiger partial charge in [0.1, 0.15) is 0 Å². The molecule has 0 rings (SSSR count). The molecule has 3 heteroatoms. The Morgan fingerprint density at radius 2 is 1.05 bits per heavy atom. The van der Waals surface area contributed by atoms with Crippen LogP contribution in [-0.2, 0) is 8.85 Å². The maximum Gasteiger partial charge on any atom is 0.338 e. The average Bonchev–Trinajstić information content (AvgIpc) is 2.27. The van der Waals surface area contributed by atoms with Gasteiger partial charge in [-0.05, 0) is 39.8 Å². The lowest BCUT2D eigenvalue weighted by Gasteiger charge is -2.34. The molecule has 19 heavy (non-hydrogen) atoms. The maximum absolute atomic E-state index is 6.36. The van der Waals surface area contributed by atoms with Gasteiger partial charge in [0.15, 0.2) is 0 Å². The number of unbranched alkanes of at least 4 members (excludes halogenated alkanes) is 4. The fourth-order valence-corrected chi connectivity index (χ4v) is 6.61. The molecule has 0 saturated carbocycles. The molecular formula is C16H36O2Si. The van der Waals surface area contributed by atoms with Crippen molar-refractivity contribution >= 4 is 8.56 Å². The topological polar surface area (TPSA) is 18.5 Å². The summed E-state index contributed by atoms with van der Waals surface area (Å²) in [6.07, 6.45) is 8.22. The highest BCUT2D eigenvalue weighted by molar-refractivity contribution is 6.67. The second-order valence-electron chi connectivity index (χ2n) is 6.16. The van der Waals surface area contributed by atoms with Gasteiger partial charge < -0.3 is 8.85 Å². The molecule has 0 bridgehead atoms. The Hall–Kier alpha value is 0.137. The van der Waals surface area contributed by atoms with Crippen molar-refractivity contribution in [2.24, 2.45) is 0 Å². The average molecular weight is 289 g/mol. The van der Waals surface area contributed by atoms with E-state index in [-0.39, 0.29) is 12.2 Å². The van der Waals surface area contributed by atoms with Gasteiger partial charge in [0.2, 0.25) is 0 Å². The van der Waals surface area contributed by atoms with Crippen LogP contribution < -0.4 is 0 Å². The number of hydrogen-bond acceptors (Lipinski definition) is 2. The summed E-state index contributed by atoms with van der Waals surface area (Å²) in [7, 11) is -2.00. The van der Waals surface area contributed by atoms with E-state index in [1.54, 1.807) is 0 Å². The van der Waals surface area contributed by atoms with Crippen LogP contribution in [0, 0.1) is 0 Å². The van der Waals surface area contributed by atoms with Crippen molar-refractivity contribution in [2.75, 3.05) is 0 Å². The van der Waals surface area contributed by atoms with Crippen molar-refractivity contribution in [3.8, 4) is 0 Å². The molecule has 0 spiro atoms. The highest BCUT2D eigenvalue weighted by Crippen LogP contribution is 2.28.